The van der Waals surface area contributed by atoms with E-state index in [1.165, 1.54) is 34.9 Å². The summed E-state index contributed by atoms with van der Waals surface area (Å²) in [7, 11) is -3.93. The number of benzene rings is 1. The maximum Gasteiger partial charge on any atom is 0.265 e. The van der Waals surface area contributed by atoms with Gasteiger partial charge in [0, 0.05) is 10.9 Å². The van der Waals surface area contributed by atoms with E-state index in [-0.39, 0.29) is 11.1 Å². The molecule has 0 unspecified atom stereocenters. The lowest BCUT2D eigenvalue weighted by Crippen LogP contribution is -2.31. The van der Waals surface area contributed by atoms with Crippen molar-refractivity contribution in [3.05, 3.63) is 57.5 Å². The quantitative estimate of drug-likeness (QED) is 0.943. The Morgan fingerprint density at radius 1 is 1.35 bits per heavy atom. The van der Waals surface area contributed by atoms with Crippen LogP contribution in [0.1, 0.15) is 21.5 Å². The molecule has 0 fully saturated rings. The molecule has 1 aromatic heterocycles. The first-order valence-corrected chi connectivity index (χ1v) is 8.29. The Morgan fingerprint density at radius 3 is 2.70 bits per heavy atom. The number of hydrogen-bond acceptors (Lipinski definition) is 4. The first-order valence-electron chi connectivity index (χ1n) is 5.69. The summed E-state index contributed by atoms with van der Waals surface area (Å²) >= 11 is 1.29. The summed E-state index contributed by atoms with van der Waals surface area (Å²) in [4.78, 5) is 11.7. The van der Waals surface area contributed by atoms with Gasteiger partial charge in [0.2, 0.25) is 10.0 Å². The molecule has 0 aliphatic heterocycles. The number of halogens is 1. The Labute approximate surface area is 120 Å². The Kier molecular flexibility index (Phi) is 4.20. The zero-order chi connectivity index (χ0) is 14.8. The summed E-state index contributed by atoms with van der Waals surface area (Å²) in [6.07, 6.45) is 0. The van der Waals surface area contributed by atoms with E-state index in [1.807, 2.05) is 4.72 Å². The number of aryl methyl sites for hydroxylation is 1. The molecule has 0 aliphatic carbocycles. The number of hydrogen-bond donors (Lipinski definition) is 1. The molecule has 1 amide bonds. The lowest BCUT2D eigenvalue weighted by molar-refractivity contribution is 0.0982. The summed E-state index contributed by atoms with van der Waals surface area (Å²) in [6.45, 7) is 1.71. The standard InChI is InChI=1S/C13H12FNO3S2/c1-9-2-3-11(12(14)6-9)8-20(17,18)15-13(16)10-4-5-19-7-10/h2-7H,8H2,1H3,(H,15,16). The molecule has 2 aromatic rings. The van der Waals surface area contributed by atoms with E-state index in [4.69, 9.17) is 0 Å². The largest absolute Gasteiger partial charge is 0.268 e. The van der Waals surface area contributed by atoms with Crippen LogP contribution >= 0.6 is 11.3 Å². The van der Waals surface area contributed by atoms with Gasteiger partial charge in [0.1, 0.15) is 5.82 Å². The molecular weight excluding hydrogens is 301 g/mol. The molecular formula is C13H12FNO3S2. The fourth-order valence-electron chi connectivity index (χ4n) is 1.60. The molecule has 2 rings (SSSR count). The Bertz CT molecular complexity index is 724. The highest BCUT2D eigenvalue weighted by atomic mass is 32.2. The normalized spacial score (nSPS) is 11.3. The summed E-state index contributed by atoms with van der Waals surface area (Å²) in [5, 5.41) is 3.21. The van der Waals surface area contributed by atoms with Gasteiger partial charge in [-0.05, 0) is 30.0 Å². The van der Waals surface area contributed by atoms with Gasteiger partial charge < -0.3 is 0 Å². The molecule has 20 heavy (non-hydrogen) atoms. The second-order valence-electron chi connectivity index (χ2n) is 4.30. The minimum atomic E-state index is -3.93. The van der Waals surface area contributed by atoms with Gasteiger partial charge in [0.25, 0.3) is 5.91 Å². The first kappa shape index (κ1) is 14.7. The third kappa shape index (κ3) is 3.64. The number of nitrogens with one attached hydrogen (secondary N) is 1. The molecule has 0 spiro atoms. The third-order valence-corrected chi connectivity index (χ3v) is 4.46. The Balaban J connectivity index is 2.13. The first-order chi connectivity index (χ1) is 9.37. The van der Waals surface area contributed by atoms with E-state index >= 15 is 0 Å². The van der Waals surface area contributed by atoms with Crippen molar-refractivity contribution in [1.82, 2.24) is 4.72 Å². The highest BCUT2D eigenvalue weighted by Crippen LogP contribution is 2.13. The zero-order valence-electron chi connectivity index (χ0n) is 10.6. The van der Waals surface area contributed by atoms with Crippen LogP contribution in [0.5, 0.6) is 0 Å². The van der Waals surface area contributed by atoms with E-state index in [1.54, 1.807) is 18.4 Å². The van der Waals surface area contributed by atoms with Crippen LogP contribution in [0.25, 0.3) is 0 Å². The predicted molar refractivity (Wildman–Crippen MR) is 75.5 cm³/mol. The molecule has 0 bridgehead atoms. The zero-order valence-corrected chi connectivity index (χ0v) is 12.2. The van der Waals surface area contributed by atoms with Crippen LogP contribution in [0, 0.1) is 12.7 Å². The lowest BCUT2D eigenvalue weighted by Gasteiger charge is -2.07. The summed E-state index contributed by atoms with van der Waals surface area (Å²) < 4.78 is 39.2. The van der Waals surface area contributed by atoms with Crippen LogP contribution in [-0.4, -0.2) is 14.3 Å². The van der Waals surface area contributed by atoms with Gasteiger partial charge in [-0.3, -0.25) is 4.79 Å². The molecule has 0 saturated carbocycles. The van der Waals surface area contributed by atoms with Crippen LogP contribution in [0.2, 0.25) is 0 Å². The van der Waals surface area contributed by atoms with Crippen molar-refractivity contribution in [1.29, 1.82) is 0 Å². The van der Waals surface area contributed by atoms with Crippen molar-refractivity contribution in [3.8, 4) is 0 Å². The maximum atomic E-state index is 13.6. The number of carbonyl (C=O) groups excluding carboxylic acids is 1. The second-order valence-corrected chi connectivity index (χ2v) is 6.80. The van der Waals surface area contributed by atoms with Crippen molar-refractivity contribution in [2.45, 2.75) is 12.7 Å². The fraction of sp³-hybridized carbons (Fsp3) is 0.154. The van der Waals surface area contributed by atoms with Gasteiger partial charge in [-0.25, -0.2) is 17.5 Å². The van der Waals surface area contributed by atoms with Crippen molar-refractivity contribution in [3.63, 3.8) is 0 Å². The molecule has 7 heteroatoms. The molecule has 4 nitrogen and oxygen atoms in total. The number of rotatable bonds is 4. The van der Waals surface area contributed by atoms with Gasteiger partial charge in [-0.15, -0.1) is 0 Å². The average molecular weight is 313 g/mol. The van der Waals surface area contributed by atoms with Crippen LogP contribution in [0.15, 0.2) is 35.0 Å². The molecule has 0 aliphatic rings. The van der Waals surface area contributed by atoms with Gasteiger partial charge >= 0.3 is 0 Å². The van der Waals surface area contributed by atoms with Crippen molar-refractivity contribution >= 4 is 27.3 Å². The third-order valence-electron chi connectivity index (χ3n) is 2.59. The van der Waals surface area contributed by atoms with Gasteiger partial charge in [-0.1, -0.05) is 12.1 Å². The Morgan fingerprint density at radius 2 is 2.10 bits per heavy atom. The van der Waals surface area contributed by atoms with Crippen LogP contribution in [0.3, 0.4) is 0 Å². The monoisotopic (exact) mass is 313 g/mol. The van der Waals surface area contributed by atoms with E-state index in [2.05, 4.69) is 0 Å². The summed E-state index contributed by atoms with van der Waals surface area (Å²) in [5.74, 6) is -1.88. The summed E-state index contributed by atoms with van der Waals surface area (Å²) in [6, 6.07) is 5.79. The van der Waals surface area contributed by atoms with Crippen LogP contribution in [-0.2, 0) is 15.8 Å². The van der Waals surface area contributed by atoms with Gasteiger partial charge in [-0.2, -0.15) is 11.3 Å². The number of thiophene rings is 1. The Hall–Kier alpha value is -1.73. The number of amides is 1. The van der Waals surface area contributed by atoms with Crippen molar-refractivity contribution < 1.29 is 17.6 Å². The molecule has 0 saturated heterocycles. The van der Waals surface area contributed by atoms with Crippen LogP contribution in [0.4, 0.5) is 4.39 Å². The molecule has 1 N–H and O–H groups in total. The second kappa shape index (κ2) is 5.72. The van der Waals surface area contributed by atoms with Gasteiger partial charge in [0.05, 0.1) is 11.3 Å². The van der Waals surface area contributed by atoms with Gasteiger partial charge in [0.15, 0.2) is 0 Å². The summed E-state index contributed by atoms with van der Waals surface area (Å²) in [5.41, 5.74) is 0.995. The van der Waals surface area contributed by atoms with E-state index < -0.39 is 27.5 Å². The fourth-order valence-corrected chi connectivity index (χ4v) is 3.36. The number of carbonyl (C=O) groups is 1. The topological polar surface area (TPSA) is 63.2 Å². The maximum absolute atomic E-state index is 13.6. The molecule has 0 atom stereocenters. The highest BCUT2D eigenvalue weighted by Gasteiger charge is 2.18. The molecule has 106 valence electrons. The smallest absolute Gasteiger partial charge is 0.265 e. The SMILES string of the molecule is Cc1ccc(CS(=O)(=O)NC(=O)c2ccsc2)c(F)c1. The molecule has 1 heterocycles. The van der Waals surface area contributed by atoms with E-state index in [0.29, 0.717) is 5.56 Å². The highest BCUT2D eigenvalue weighted by molar-refractivity contribution is 7.89. The molecule has 0 radical (unpaired) electrons. The minimum Gasteiger partial charge on any atom is -0.268 e. The van der Waals surface area contributed by atoms with Crippen molar-refractivity contribution in [2.24, 2.45) is 0 Å². The number of sulfonamides is 1. The predicted octanol–water partition coefficient (Wildman–Crippen LogP) is 2.46. The van der Waals surface area contributed by atoms with E-state index in [0.717, 1.165) is 0 Å². The lowest BCUT2D eigenvalue weighted by atomic mass is 10.2. The van der Waals surface area contributed by atoms with Crippen molar-refractivity contribution in [2.75, 3.05) is 0 Å². The molecule has 1 aromatic carbocycles. The average Bonchev–Trinajstić information content (AvgIpc) is 2.86. The van der Waals surface area contributed by atoms with Crippen LogP contribution < -0.4 is 4.72 Å². The minimum absolute atomic E-state index is 0.0289. The van der Waals surface area contributed by atoms with E-state index in [9.17, 15) is 17.6 Å².